The molecule has 2 aliphatic heterocycles. The van der Waals surface area contributed by atoms with E-state index >= 15 is 0 Å². The fourth-order valence-corrected chi connectivity index (χ4v) is 3.66. The summed E-state index contributed by atoms with van der Waals surface area (Å²) < 4.78 is 0. The minimum absolute atomic E-state index is 0.0695. The number of rotatable bonds is 4. The molecule has 1 aromatic heterocycles. The zero-order chi connectivity index (χ0) is 19.5. The summed E-state index contributed by atoms with van der Waals surface area (Å²) in [6, 6.07) is 7.79. The molecule has 0 N–H and O–H groups in total. The SMILES string of the molecule is O=C(c1cccc([N+](=O)[O-])c1)N1CCN(c2ccnc(N3CCCC3)n2)CC1. The summed E-state index contributed by atoms with van der Waals surface area (Å²) >= 11 is 0. The number of carbonyl (C=O) groups is 1. The van der Waals surface area contributed by atoms with Crippen molar-refractivity contribution in [3.05, 3.63) is 52.2 Å². The molecule has 2 fully saturated rings. The Balaban J connectivity index is 1.41. The molecule has 0 spiro atoms. The van der Waals surface area contributed by atoms with Crippen molar-refractivity contribution in [2.24, 2.45) is 0 Å². The number of piperazine rings is 1. The topological polar surface area (TPSA) is 95.7 Å². The van der Waals surface area contributed by atoms with Crippen molar-refractivity contribution in [1.29, 1.82) is 0 Å². The van der Waals surface area contributed by atoms with Crippen LogP contribution in [0.4, 0.5) is 17.5 Å². The van der Waals surface area contributed by atoms with Crippen molar-refractivity contribution >= 4 is 23.4 Å². The normalized spacial score (nSPS) is 17.1. The van der Waals surface area contributed by atoms with E-state index in [1.165, 1.54) is 25.0 Å². The zero-order valence-corrected chi connectivity index (χ0v) is 15.5. The van der Waals surface area contributed by atoms with Gasteiger partial charge >= 0.3 is 0 Å². The Kier molecular flexibility index (Phi) is 5.05. The molecule has 0 radical (unpaired) electrons. The summed E-state index contributed by atoms with van der Waals surface area (Å²) in [7, 11) is 0. The molecule has 28 heavy (non-hydrogen) atoms. The second-order valence-corrected chi connectivity index (χ2v) is 7.00. The van der Waals surface area contributed by atoms with Crippen LogP contribution in [-0.4, -0.2) is 65.0 Å². The molecule has 1 amide bonds. The summed E-state index contributed by atoms with van der Waals surface area (Å²) in [6.45, 7) is 4.41. The van der Waals surface area contributed by atoms with Gasteiger partial charge in [0.15, 0.2) is 0 Å². The maximum Gasteiger partial charge on any atom is 0.270 e. The first kappa shape index (κ1) is 18.1. The average Bonchev–Trinajstić information content (AvgIpc) is 3.28. The van der Waals surface area contributed by atoms with E-state index < -0.39 is 4.92 Å². The molecule has 9 heteroatoms. The summed E-state index contributed by atoms with van der Waals surface area (Å²) in [5.74, 6) is 1.47. The molecule has 3 heterocycles. The van der Waals surface area contributed by atoms with Gasteiger partial charge in [-0.2, -0.15) is 4.98 Å². The Morgan fingerprint density at radius 3 is 2.46 bits per heavy atom. The van der Waals surface area contributed by atoms with Gasteiger partial charge in [0.2, 0.25) is 5.95 Å². The van der Waals surface area contributed by atoms with E-state index in [1.807, 2.05) is 6.07 Å². The first-order valence-corrected chi connectivity index (χ1v) is 9.48. The minimum Gasteiger partial charge on any atom is -0.353 e. The van der Waals surface area contributed by atoms with Gasteiger partial charge in [-0.15, -0.1) is 0 Å². The molecule has 0 saturated carbocycles. The van der Waals surface area contributed by atoms with Crippen LogP contribution in [0.1, 0.15) is 23.2 Å². The molecule has 2 aliphatic rings. The molecule has 4 rings (SSSR count). The smallest absolute Gasteiger partial charge is 0.270 e. The Morgan fingerprint density at radius 1 is 1.00 bits per heavy atom. The van der Waals surface area contributed by atoms with Gasteiger partial charge in [-0.05, 0) is 25.0 Å². The average molecular weight is 382 g/mol. The van der Waals surface area contributed by atoms with Crippen LogP contribution in [0.3, 0.4) is 0 Å². The van der Waals surface area contributed by atoms with Gasteiger partial charge in [0, 0.05) is 63.2 Å². The quantitative estimate of drug-likeness (QED) is 0.589. The highest BCUT2D eigenvalue weighted by Crippen LogP contribution is 2.21. The number of carbonyl (C=O) groups excluding carboxylic acids is 1. The molecule has 0 aliphatic carbocycles. The standard InChI is InChI=1S/C19H22N6O3/c26-18(15-4-3-5-16(14-15)25(27)28)23-12-10-22(11-13-23)17-6-7-20-19(21-17)24-8-1-2-9-24/h3-7,14H,1-2,8-13H2. The van der Waals surface area contributed by atoms with Gasteiger partial charge in [-0.3, -0.25) is 14.9 Å². The molecule has 0 bridgehead atoms. The van der Waals surface area contributed by atoms with Crippen LogP contribution in [0.25, 0.3) is 0 Å². The number of non-ortho nitro benzene ring substituents is 1. The summed E-state index contributed by atoms with van der Waals surface area (Å²) in [6.07, 6.45) is 4.13. The van der Waals surface area contributed by atoms with Gasteiger partial charge in [0.25, 0.3) is 11.6 Å². The van der Waals surface area contributed by atoms with Gasteiger partial charge in [0.05, 0.1) is 4.92 Å². The van der Waals surface area contributed by atoms with Crippen LogP contribution < -0.4 is 9.80 Å². The summed E-state index contributed by atoms with van der Waals surface area (Å²) in [5.41, 5.74) is 0.279. The highest BCUT2D eigenvalue weighted by atomic mass is 16.6. The molecular formula is C19H22N6O3. The van der Waals surface area contributed by atoms with Gasteiger partial charge < -0.3 is 14.7 Å². The van der Waals surface area contributed by atoms with E-state index in [4.69, 9.17) is 4.98 Å². The molecule has 0 atom stereocenters. The van der Waals surface area contributed by atoms with Crippen molar-refractivity contribution in [2.75, 3.05) is 49.1 Å². The third-order valence-electron chi connectivity index (χ3n) is 5.21. The molecule has 1 aromatic carbocycles. The molecule has 0 unspecified atom stereocenters. The largest absolute Gasteiger partial charge is 0.353 e. The maximum atomic E-state index is 12.7. The first-order chi connectivity index (χ1) is 13.6. The Labute approximate surface area is 162 Å². The van der Waals surface area contributed by atoms with Crippen LogP contribution in [-0.2, 0) is 0 Å². The highest BCUT2D eigenvalue weighted by Gasteiger charge is 2.24. The Bertz CT molecular complexity index is 875. The maximum absolute atomic E-state index is 12.7. The van der Waals surface area contributed by atoms with E-state index in [1.54, 1.807) is 23.2 Å². The lowest BCUT2D eigenvalue weighted by atomic mass is 10.1. The molecule has 9 nitrogen and oxygen atoms in total. The Morgan fingerprint density at radius 2 is 1.75 bits per heavy atom. The van der Waals surface area contributed by atoms with E-state index in [-0.39, 0.29) is 11.6 Å². The number of hydrogen-bond donors (Lipinski definition) is 0. The monoisotopic (exact) mass is 382 g/mol. The summed E-state index contributed by atoms with van der Waals surface area (Å²) in [4.78, 5) is 38.3. The van der Waals surface area contributed by atoms with E-state index in [0.717, 1.165) is 24.9 Å². The van der Waals surface area contributed by atoms with E-state index in [0.29, 0.717) is 31.7 Å². The number of nitrogens with zero attached hydrogens (tertiary/aromatic N) is 6. The lowest BCUT2D eigenvalue weighted by Crippen LogP contribution is -2.49. The molecule has 2 saturated heterocycles. The molecule has 2 aromatic rings. The van der Waals surface area contributed by atoms with Crippen molar-refractivity contribution in [2.45, 2.75) is 12.8 Å². The van der Waals surface area contributed by atoms with E-state index in [9.17, 15) is 14.9 Å². The highest BCUT2D eigenvalue weighted by molar-refractivity contribution is 5.95. The van der Waals surface area contributed by atoms with Crippen LogP contribution >= 0.6 is 0 Å². The second kappa shape index (κ2) is 7.79. The molecular weight excluding hydrogens is 360 g/mol. The number of nitro groups is 1. The van der Waals surface area contributed by atoms with Crippen LogP contribution in [0, 0.1) is 10.1 Å². The lowest BCUT2D eigenvalue weighted by Gasteiger charge is -2.35. The second-order valence-electron chi connectivity index (χ2n) is 7.00. The number of hydrogen-bond acceptors (Lipinski definition) is 7. The predicted octanol–water partition coefficient (Wildman–Crippen LogP) is 1.95. The van der Waals surface area contributed by atoms with Crippen LogP contribution in [0.2, 0.25) is 0 Å². The van der Waals surface area contributed by atoms with Crippen LogP contribution in [0.15, 0.2) is 36.5 Å². The van der Waals surface area contributed by atoms with Crippen LogP contribution in [0.5, 0.6) is 0 Å². The van der Waals surface area contributed by atoms with Crippen molar-refractivity contribution in [3.63, 3.8) is 0 Å². The van der Waals surface area contributed by atoms with E-state index in [2.05, 4.69) is 14.8 Å². The fourth-order valence-electron chi connectivity index (χ4n) is 3.66. The third-order valence-corrected chi connectivity index (χ3v) is 5.21. The Hall–Kier alpha value is -3.23. The number of aromatic nitrogens is 2. The number of nitro benzene ring substituents is 1. The minimum atomic E-state index is -0.484. The number of benzene rings is 1. The van der Waals surface area contributed by atoms with Crippen molar-refractivity contribution in [3.8, 4) is 0 Å². The number of anilines is 2. The van der Waals surface area contributed by atoms with Gasteiger partial charge in [-0.25, -0.2) is 4.98 Å². The van der Waals surface area contributed by atoms with Gasteiger partial charge in [0.1, 0.15) is 5.82 Å². The van der Waals surface area contributed by atoms with Crippen molar-refractivity contribution < 1.29 is 9.72 Å². The summed E-state index contributed by atoms with van der Waals surface area (Å²) in [5, 5.41) is 10.9. The zero-order valence-electron chi connectivity index (χ0n) is 15.5. The van der Waals surface area contributed by atoms with Gasteiger partial charge in [-0.1, -0.05) is 6.07 Å². The molecule has 146 valence electrons. The third kappa shape index (κ3) is 3.73. The first-order valence-electron chi connectivity index (χ1n) is 9.48. The van der Waals surface area contributed by atoms with Crippen molar-refractivity contribution in [1.82, 2.24) is 14.9 Å². The number of amides is 1. The fraction of sp³-hybridized carbons (Fsp3) is 0.421. The predicted molar refractivity (Wildman–Crippen MR) is 105 cm³/mol. The lowest BCUT2D eigenvalue weighted by molar-refractivity contribution is -0.384.